The average Bonchev–Trinajstić information content (AvgIpc) is 2.41. The molecule has 19 heavy (non-hydrogen) atoms. The molecule has 2 aromatic carbocycles. The molecule has 2 rings (SSSR count). The van der Waals surface area contributed by atoms with E-state index < -0.39 is 0 Å². The molecule has 0 unspecified atom stereocenters. The van der Waals surface area contributed by atoms with Crippen LogP contribution in [0.3, 0.4) is 0 Å². The SMILES string of the molecule is CCN(Cc1ccc(F)c(Br)c1)c1ccc(N)cc1. The monoisotopic (exact) mass is 322 g/mol. The Morgan fingerprint density at radius 2 is 1.84 bits per heavy atom. The van der Waals surface area contributed by atoms with Crippen molar-refractivity contribution in [2.45, 2.75) is 13.5 Å². The zero-order valence-electron chi connectivity index (χ0n) is 10.7. The van der Waals surface area contributed by atoms with Crippen LogP contribution in [0.15, 0.2) is 46.9 Å². The van der Waals surface area contributed by atoms with E-state index in [4.69, 9.17) is 5.73 Å². The highest BCUT2D eigenvalue weighted by atomic mass is 79.9. The Balaban J connectivity index is 2.18. The van der Waals surface area contributed by atoms with Crippen LogP contribution in [0.4, 0.5) is 15.8 Å². The molecule has 0 bridgehead atoms. The Labute approximate surface area is 121 Å². The number of rotatable bonds is 4. The molecule has 0 atom stereocenters. The Hall–Kier alpha value is -1.55. The summed E-state index contributed by atoms with van der Waals surface area (Å²) < 4.78 is 13.7. The summed E-state index contributed by atoms with van der Waals surface area (Å²) in [6.07, 6.45) is 0. The first kappa shape index (κ1) is 13.9. The van der Waals surface area contributed by atoms with Crippen LogP contribution >= 0.6 is 15.9 Å². The molecule has 0 saturated heterocycles. The first-order valence-electron chi connectivity index (χ1n) is 6.14. The van der Waals surface area contributed by atoms with Gasteiger partial charge in [0, 0.05) is 24.5 Å². The van der Waals surface area contributed by atoms with Crippen molar-refractivity contribution in [2.24, 2.45) is 0 Å². The van der Waals surface area contributed by atoms with Gasteiger partial charge in [0.2, 0.25) is 0 Å². The van der Waals surface area contributed by atoms with Gasteiger partial charge in [0.05, 0.1) is 4.47 Å². The minimum atomic E-state index is -0.237. The van der Waals surface area contributed by atoms with E-state index in [-0.39, 0.29) is 5.82 Å². The molecule has 100 valence electrons. The maximum absolute atomic E-state index is 13.2. The molecule has 2 N–H and O–H groups in total. The predicted octanol–water partition coefficient (Wildman–Crippen LogP) is 4.20. The minimum Gasteiger partial charge on any atom is -0.399 e. The first-order valence-corrected chi connectivity index (χ1v) is 6.94. The highest BCUT2D eigenvalue weighted by molar-refractivity contribution is 9.10. The number of halogens is 2. The highest BCUT2D eigenvalue weighted by Crippen LogP contribution is 2.21. The average molecular weight is 323 g/mol. The lowest BCUT2D eigenvalue weighted by Gasteiger charge is -2.23. The lowest BCUT2D eigenvalue weighted by Crippen LogP contribution is -2.21. The van der Waals surface area contributed by atoms with Gasteiger partial charge in [-0.1, -0.05) is 6.07 Å². The Morgan fingerprint density at radius 1 is 1.16 bits per heavy atom. The van der Waals surface area contributed by atoms with Gasteiger partial charge >= 0.3 is 0 Å². The number of nitrogens with zero attached hydrogens (tertiary/aromatic N) is 1. The van der Waals surface area contributed by atoms with Gasteiger partial charge in [0.15, 0.2) is 0 Å². The Kier molecular flexibility index (Phi) is 4.43. The molecule has 0 amide bonds. The molecular weight excluding hydrogens is 307 g/mol. The van der Waals surface area contributed by atoms with Crippen LogP contribution in [-0.2, 0) is 6.54 Å². The number of benzene rings is 2. The summed E-state index contributed by atoms with van der Waals surface area (Å²) in [6.45, 7) is 3.70. The standard InChI is InChI=1S/C15H16BrFN2/c1-2-19(13-6-4-12(18)5-7-13)10-11-3-8-15(17)14(16)9-11/h3-9H,2,10,18H2,1H3. The molecule has 0 heterocycles. The molecule has 0 radical (unpaired) electrons. The summed E-state index contributed by atoms with van der Waals surface area (Å²) in [4.78, 5) is 2.21. The summed E-state index contributed by atoms with van der Waals surface area (Å²) >= 11 is 3.21. The quantitative estimate of drug-likeness (QED) is 0.855. The predicted molar refractivity (Wildman–Crippen MR) is 81.7 cm³/mol. The van der Waals surface area contributed by atoms with Crippen LogP contribution < -0.4 is 10.6 Å². The lowest BCUT2D eigenvalue weighted by molar-refractivity contribution is 0.620. The van der Waals surface area contributed by atoms with Gasteiger partial charge in [-0.05, 0) is 64.8 Å². The van der Waals surface area contributed by atoms with Crippen LogP contribution in [0.1, 0.15) is 12.5 Å². The summed E-state index contributed by atoms with van der Waals surface area (Å²) in [5.74, 6) is -0.237. The van der Waals surface area contributed by atoms with Gasteiger partial charge in [-0.25, -0.2) is 4.39 Å². The largest absolute Gasteiger partial charge is 0.399 e. The van der Waals surface area contributed by atoms with Crippen LogP contribution in [0.5, 0.6) is 0 Å². The number of hydrogen-bond acceptors (Lipinski definition) is 2. The number of hydrogen-bond donors (Lipinski definition) is 1. The summed E-state index contributed by atoms with van der Waals surface area (Å²) in [6, 6.07) is 12.9. The smallest absolute Gasteiger partial charge is 0.137 e. The molecule has 0 aliphatic carbocycles. The van der Waals surface area contributed by atoms with Gasteiger partial charge < -0.3 is 10.6 Å². The normalized spacial score (nSPS) is 10.5. The van der Waals surface area contributed by atoms with E-state index in [1.54, 1.807) is 6.07 Å². The van der Waals surface area contributed by atoms with E-state index in [1.165, 1.54) is 6.07 Å². The summed E-state index contributed by atoms with van der Waals surface area (Å²) in [7, 11) is 0. The molecule has 0 aromatic heterocycles. The van der Waals surface area contributed by atoms with E-state index >= 15 is 0 Å². The molecule has 0 aliphatic rings. The number of nitrogens with two attached hydrogens (primary N) is 1. The maximum Gasteiger partial charge on any atom is 0.137 e. The third-order valence-electron chi connectivity index (χ3n) is 3.00. The number of anilines is 2. The van der Waals surface area contributed by atoms with Gasteiger partial charge in [-0.15, -0.1) is 0 Å². The van der Waals surface area contributed by atoms with Gasteiger partial charge in [-0.2, -0.15) is 0 Å². The molecule has 2 nitrogen and oxygen atoms in total. The van der Waals surface area contributed by atoms with E-state index in [0.29, 0.717) is 4.47 Å². The summed E-state index contributed by atoms with van der Waals surface area (Å²) in [5, 5.41) is 0. The second-order valence-corrected chi connectivity index (χ2v) is 5.21. The molecule has 4 heteroatoms. The van der Waals surface area contributed by atoms with Crippen LogP contribution in [0.2, 0.25) is 0 Å². The fourth-order valence-electron chi connectivity index (χ4n) is 1.93. The lowest BCUT2D eigenvalue weighted by atomic mass is 10.2. The fourth-order valence-corrected chi connectivity index (χ4v) is 2.36. The van der Waals surface area contributed by atoms with Crippen molar-refractivity contribution in [2.75, 3.05) is 17.2 Å². The van der Waals surface area contributed by atoms with Gasteiger partial charge in [-0.3, -0.25) is 0 Å². The zero-order valence-corrected chi connectivity index (χ0v) is 12.3. The van der Waals surface area contributed by atoms with Crippen molar-refractivity contribution in [3.8, 4) is 0 Å². The second-order valence-electron chi connectivity index (χ2n) is 4.35. The first-order chi connectivity index (χ1) is 9.10. The van der Waals surface area contributed by atoms with E-state index in [2.05, 4.69) is 27.8 Å². The van der Waals surface area contributed by atoms with Crippen LogP contribution in [0.25, 0.3) is 0 Å². The highest BCUT2D eigenvalue weighted by Gasteiger charge is 2.07. The third-order valence-corrected chi connectivity index (χ3v) is 3.61. The topological polar surface area (TPSA) is 29.3 Å². The van der Waals surface area contributed by atoms with Crippen molar-refractivity contribution in [3.63, 3.8) is 0 Å². The number of nitrogen functional groups attached to an aromatic ring is 1. The zero-order chi connectivity index (χ0) is 13.8. The molecule has 0 fully saturated rings. The van der Waals surface area contributed by atoms with Crippen molar-refractivity contribution in [1.29, 1.82) is 0 Å². The van der Waals surface area contributed by atoms with Gasteiger partial charge in [0.1, 0.15) is 5.82 Å². The van der Waals surface area contributed by atoms with Crippen molar-refractivity contribution >= 4 is 27.3 Å². The van der Waals surface area contributed by atoms with Crippen molar-refractivity contribution in [3.05, 3.63) is 58.3 Å². The van der Waals surface area contributed by atoms with Crippen molar-refractivity contribution < 1.29 is 4.39 Å². The van der Waals surface area contributed by atoms with E-state index in [0.717, 1.165) is 30.0 Å². The second kappa shape index (κ2) is 6.06. The fraction of sp³-hybridized carbons (Fsp3) is 0.200. The Morgan fingerprint density at radius 3 is 2.42 bits per heavy atom. The molecule has 2 aromatic rings. The van der Waals surface area contributed by atoms with E-state index in [1.807, 2.05) is 30.3 Å². The summed E-state index contributed by atoms with van der Waals surface area (Å²) in [5.41, 5.74) is 8.62. The molecule has 0 aliphatic heterocycles. The third kappa shape index (κ3) is 3.47. The van der Waals surface area contributed by atoms with Gasteiger partial charge in [0.25, 0.3) is 0 Å². The van der Waals surface area contributed by atoms with E-state index in [9.17, 15) is 4.39 Å². The van der Waals surface area contributed by atoms with Crippen molar-refractivity contribution in [1.82, 2.24) is 0 Å². The maximum atomic E-state index is 13.2. The Bertz CT molecular complexity index is 555. The molecular formula is C15H16BrFN2. The minimum absolute atomic E-state index is 0.237. The molecule has 0 spiro atoms. The molecule has 0 saturated carbocycles. The van der Waals surface area contributed by atoms with Crippen LogP contribution in [0, 0.1) is 5.82 Å². The van der Waals surface area contributed by atoms with Crippen LogP contribution in [-0.4, -0.2) is 6.54 Å².